The molecule has 2 fully saturated rings. The molecule has 2 aliphatic rings. The molecule has 1 aromatic rings. The molecule has 4 nitrogen and oxygen atoms in total. The van der Waals surface area contributed by atoms with Gasteiger partial charge >= 0.3 is 0 Å². The normalized spacial score (nSPS) is 23.3. The molecular weight excluding hydrogens is 346 g/mol. The smallest absolute Gasteiger partial charge is 0.122 e. The molecule has 0 aliphatic carbocycles. The third-order valence-electron chi connectivity index (χ3n) is 6.08. The lowest BCUT2D eigenvalue weighted by Gasteiger charge is -2.47. The van der Waals surface area contributed by atoms with E-state index in [1.807, 2.05) is 6.07 Å². The van der Waals surface area contributed by atoms with Crippen LogP contribution in [0.1, 0.15) is 31.7 Å². The quantitative estimate of drug-likeness (QED) is 0.872. The Hall–Kier alpha value is -1.07. The molecule has 2 saturated heterocycles. The number of nitrogens with zero attached hydrogens (tertiary/aromatic N) is 3. The maximum Gasteiger partial charge on any atom is 0.122 e. The van der Waals surface area contributed by atoms with E-state index >= 15 is 0 Å². The van der Waals surface area contributed by atoms with Crippen molar-refractivity contribution < 1.29 is 5.11 Å². The summed E-state index contributed by atoms with van der Waals surface area (Å²) in [5.74, 6) is 0.288. The Kier molecular flexibility index (Phi) is 6.29. The average molecular weight is 378 g/mol. The lowest BCUT2D eigenvalue weighted by Crippen LogP contribution is -2.57. The van der Waals surface area contributed by atoms with E-state index < -0.39 is 0 Å². The maximum absolute atomic E-state index is 10.1. The largest absolute Gasteiger partial charge is 0.507 e. The fraction of sp³-hybridized carbons (Fsp3) is 0.619. The van der Waals surface area contributed by atoms with Gasteiger partial charge in [-0.15, -0.1) is 0 Å². The van der Waals surface area contributed by atoms with Crippen molar-refractivity contribution in [1.29, 1.82) is 0 Å². The topological polar surface area (TPSA) is 30.0 Å². The highest BCUT2D eigenvalue weighted by atomic mass is 35.5. The second kappa shape index (κ2) is 8.30. The molecule has 144 valence electrons. The van der Waals surface area contributed by atoms with Crippen LogP contribution in [0.15, 0.2) is 23.8 Å². The molecule has 1 spiro atoms. The van der Waals surface area contributed by atoms with Gasteiger partial charge in [0.1, 0.15) is 5.75 Å². The van der Waals surface area contributed by atoms with Crippen LogP contribution < -0.4 is 0 Å². The lowest BCUT2D eigenvalue weighted by atomic mass is 9.85. The molecule has 0 atom stereocenters. The second-order valence-corrected chi connectivity index (χ2v) is 8.64. The molecule has 3 rings (SSSR count). The van der Waals surface area contributed by atoms with Crippen molar-refractivity contribution in [2.75, 3.05) is 53.4 Å². The first kappa shape index (κ1) is 19.7. The predicted octanol–water partition coefficient (Wildman–Crippen LogP) is 3.55. The van der Waals surface area contributed by atoms with Crippen molar-refractivity contribution in [1.82, 2.24) is 14.7 Å². The molecule has 0 bridgehead atoms. The van der Waals surface area contributed by atoms with Crippen LogP contribution in [0, 0.1) is 0 Å². The lowest BCUT2D eigenvalue weighted by molar-refractivity contribution is 0.0370. The molecule has 0 unspecified atom stereocenters. The summed E-state index contributed by atoms with van der Waals surface area (Å²) in [6, 6.07) is 5.21. The number of halogens is 1. The van der Waals surface area contributed by atoms with Crippen LogP contribution >= 0.6 is 11.6 Å². The number of likely N-dealkylation sites (N-methyl/N-ethyl adjacent to an activating group) is 1. The summed E-state index contributed by atoms with van der Waals surface area (Å²) in [6.07, 6.45) is 5.77. The van der Waals surface area contributed by atoms with Gasteiger partial charge in [0, 0.05) is 29.2 Å². The molecule has 0 amide bonds. The van der Waals surface area contributed by atoms with Crippen LogP contribution in [-0.2, 0) is 0 Å². The SMILES string of the molecule is C/C(=C\c1cc(Cl)ccc1O)CN1CCCN(C)C2(CCN(C)CC2)C1. The van der Waals surface area contributed by atoms with E-state index in [0.717, 1.165) is 25.2 Å². The Morgan fingerprint density at radius 3 is 2.65 bits per heavy atom. The van der Waals surface area contributed by atoms with E-state index in [0.29, 0.717) is 10.6 Å². The Morgan fingerprint density at radius 1 is 1.19 bits per heavy atom. The van der Waals surface area contributed by atoms with Gasteiger partial charge in [-0.3, -0.25) is 9.80 Å². The number of hydrogen-bond donors (Lipinski definition) is 1. The zero-order valence-corrected chi connectivity index (χ0v) is 17.1. The van der Waals surface area contributed by atoms with Gasteiger partial charge < -0.3 is 10.0 Å². The van der Waals surface area contributed by atoms with Gasteiger partial charge in [0.2, 0.25) is 0 Å². The summed E-state index contributed by atoms with van der Waals surface area (Å²) in [5, 5.41) is 10.7. The summed E-state index contributed by atoms with van der Waals surface area (Å²) >= 11 is 6.08. The molecule has 0 saturated carbocycles. The van der Waals surface area contributed by atoms with Gasteiger partial charge in [-0.05, 0) is 84.7 Å². The van der Waals surface area contributed by atoms with E-state index in [1.54, 1.807) is 12.1 Å². The van der Waals surface area contributed by atoms with Crippen LogP contribution in [0.3, 0.4) is 0 Å². The van der Waals surface area contributed by atoms with Gasteiger partial charge in [-0.2, -0.15) is 0 Å². The zero-order chi connectivity index (χ0) is 18.7. The van der Waals surface area contributed by atoms with E-state index in [4.69, 9.17) is 11.6 Å². The van der Waals surface area contributed by atoms with Gasteiger partial charge in [-0.25, -0.2) is 0 Å². The molecule has 2 aliphatic heterocycles. The van der Waals surface area contributed by atoms with Crippen molar-refractivity contribution in [3.05, 3.63) is 34.4 Å². The van der Waals surface area contributed by atoms with Gasteiger partial charge in [0.05, 0.1) is 0 Å². The number of benzene rings is 1. The highest BCUT2D eigenvalue weighted by Gasteiger charge is 2.40. The summed E-state index contributed by atoms with van der Waals surface area (Å²) in [7, 11) is 4.53. The number of phenolic OH excluding ortho intramolecular Hbond substituents is 1. The van der Waals surface area contributed by atoms with E-state index in [2.05, 4.69) is 41.8 Å². The van der Waals surface area contributed by atoms with Crippen LogP contribution in [0.2, 0.25) is 5.02 Å². The van der Waals surface area contributed by atoms with Crippen molar-refractivity contribution in [3.8, 4) is 5.75 Å². The molecular formula is C21H32ClN3O. The first-order chi connectivity index (χ1) is 12.4. The Labute approximate surface area is 163 Å². The second-order valence-electron chi connectivity index (χ2n) is 8.21. The first-order valence-electron chi connectivity index (χ1n) is 9.66. The van der Waals surface area contributed by atoms with Crippen molar-refractivity contribution in [2.24, 2.45) is 0 Å². The molecule has 5 heteroatoms. The maximum atomic E-state index is 10.1. The number of rotatable bonds is 3. The minimum atomic E-state index is 0.288. The monoisotopic (exact) mass is 377 g/mol. The third-order valence-corrected chi connectivity index (χ3v) is 6.31. The summed E-state index contributed by atoms with van der Waals surface area (Å²) < 4.78 is 0. The molecule has 1 aromatic carbocycles. The van der Waals surface area contributed by atoms with Crippen LogP contribution in [0.25, 0.3) is 6.08 Å². The van der Waals surface area contributed by atoms with E-state index in [9.17, 15) is 5.11 Å². The standard InChI is InChI=1S/C21H32ClN3O/c1-17(13-18-14-19(22)5-6-20(18)26)15-25-10-4-9-24(3)21(16-25)7-11-23(2)12-8-21/h5-6,13-14,26H,4,7-12,15-16H2,1-3H3/b17-13+. The minimum absolute atomic E-state index is 0.288. The van der Waals surface area contributed by atoms with Crippen molar-refractivity contribution in [2.45, 2.75) is 31.7 Å². The fourth-order valence-electron chi connectivity index (χ4n) is 4.40. The van der Waals surface area contributed by atoms with E-state index in [-0.39, 0.29) is 5.75 Å². The number of hydrogen-bond acceptors (Lipinski definition) is 4. The average Bonchev–Trinajstić information content (AvgIpc) is 2.73. The number of piperidine rings is 1. The van der Waals surface area contributed by atoms with Gasteiger partial charge in [-0.1, -0.05) is 23.3 Å². The third kappa shape index (κ3) is 4.61. The van der Waals surface area contributed by atoms with Crippen molar-refractivity contribution in [3.63, 3.8) is 0 Å². The number of aromatic hydroxyl groups is 1. The Bertz CT molecular complexity index is 653. The number of phenols is 1. The molecule has 0 aromatic heterocycles. The summed E-state index contributed by atoms with van der Waals surface area (Å²) in [5.41, 5.74) is 2.37. The molecule has 26 heavy (non-hydrogen) atoms. The Morgan fingerprint density at radius 2 is 1.92 bits per heavy atom. The number of likely N-dealkylation sites (tertiary alicyclic amines) is 1. The van der Waals surface area contributed by atoms with E-state index in [1.165, 1.54) is 44.5 Å². The highest BCUT2D eigenvalue weighted by Crippen LogP contribution is 2.31. The highest BCUT2D eigenvalue weighted by molar-refractivity contribution is 6.30. The van der Waals surface area contributed by atoms with Gasteiger partial charge in [0.25, 0.3) is 0 Å². The fourth-order valence-corrected chi connectivity index (χ4v) is 4.58. The minimum Gasteiger partial charge on any atom is -0.507 e. The Balaban J connectivity index is 1.72. The molecule has 0 radical (unpaired) electrons. The van der Waals surface area contributed by atoms with Gasteiger partial charge in [0.15, 0.2) is 0 Å². The van der Waals surface area contributed by atoms with Crippen molar-refractivity contribution >= 4 is 17.7 Å². The van der Waals surface area contributed by atoms with Crippen LogP contribution in [-0.4, -0.2) is 78.7 Å². The predicted molar refractivity (Wildman–Crippen MR) is 110 cm³/mol. The van der Waals surface area contributed by atoms with Crippen LogP contribution in [0.5, 0.6) is 5.75 Å². The molecule has 1 N–H and O–H groups in total. The molecule has 2 heterocycles. The first-order valence-corrected chi connectivity index (χ1v) is 10.0. The zero-order valence-electron chi connectivity index (χ0n) is 16.3. The van der Waals surface area contributed by atoms with Crippen LogP contribution in [0.4, 0.5) is 0 Å². The summed E-state index contributed by atoms with van der Waals surface area (Å²) in [6.45, 7) is 8.90. The summed E-state index contributed by atoms with van der Waals surface area (Å²) in [4.78, 5) is 7.66.